The number of amides is 2. The number of aromatic carboxylic acids is 1. The first-order valence-electron chi connectivity index (χ1n) is 5.88. The minimum atomic E-state index is -1.45. The van der Waals surface area contributed by atoms with Gasteiger partial charge in [0.25, 0.3) is 0 Å². The first kappa shape index (κ1) is 15.9. The van der Waals surface area contributed by atoms with Gasteiger partial charge in [0.05, 0.1) is 11.3 Å². The predicted octanol–water partition coefficient (Wildman–Crippen LogP) is 2.07. The first-order chi connectivity index (χ1) is 9.26. The van der Waals surface area contributed by atoms with Gasteiger partial charge in [0.15, 0.2) is 0 Å². The molecule has 3 N–H and O–H groups in total. The molecule has 0 saturated carbocycles. The zero-order valence-electron chi connectivity index (χ0n) is 11.5. The highest BCUT2D eigenvalue weighted by molar-refractivity contribution is 6.00. The van der Waals surface area contributed by atoms with Crippen molar-refractivity contribution < 1.29 is 23.8 Å². The predicted molar refractivity (Wildman–Crippen MR) is 71.5 cm³/mol. The number of carbonyl (C=O) groups excluding carboxylic acids is 1. The highest BCUT2D eigenvalue weighted by Crippen LogP contribution is 2.18. The molecule has 1 rings (SSSR count). The van der Waals surface area contributed by atoms with Crippen molar-refractivity contribution in [1.82, 2.24) is 5.32 Å². The van der Waals surface area contributed by atoms with Crippen LogP contribution in [0.3, 0.4) is 0 Å². The summed E-state index contributed by atoms with van der Waals surface area (Å²) in [5.41, 5.74) is -1.24. The molecule has 7 heteroatoms. The van der Waals surface area contributed by atoms with E-state index in [0.717, 1.165) is 6.07 Å². The van der Waals surface area contributed by atoms with Gasteiger partial charge in [-0.15, -0.1) is 0 Å². The van der Waals surface area contributed by atoms with E-state index in [1.54, 1.807) is 13.8 Å². The Morgan fingerprint density at radius 1 is 1.40 bits per heavy atom. The molecule has 0 aliphatic heterocycles. The zero-order chi connectivity index (χ0) is 15.3. The van der Waals surface area contributed by atoms with Crippen molar-refractivity contribution in [3.63, 3.8) is 0 Å². The third kappa shape index (κ3) is 4.20. The van der Waals surface area contributed by atoms with Crippen LogP contribution in [0.25, 0.3) is 0 Å². The van der Waals surface area contributed by atoms with Gasteiger partial charge >= 0.3 is 12.0 Å². The van der Waals surface area contributed by atoms with Crippen molar-refractivity contribution in [2.45, 2.75) is 19.4 Å². The number of hydrogen-bond donors (Lipinski definition) is 3. The molecule has 0 spiro atoms. The third-order valence-corrected chi connectivity index (χ3v) is 2.70. The van der Waals surface area contributed by atoms with Crippen molar-refractivity contribution >= 4 is 17.7 Å². The lowest BCUT2D eigenvalue weighted by Crippen LogP contribution is -2.41. The summed E-state index contributed by atoms with van der Waals surface area (Å²) in [6.07, 6.45) is 0. The second-order valence-electron chi connectivity index (χ2n) is 4.74. The molecular formula is C13H17FN2O4. The number of methoxy groups -OCH3 is 1. The third-order valence-electron chi connectivity index (χ3n) is 2.70. The van der Waals surface area contributed by atoms with Crippen LogP contribution < -0.4 is 10.6 Å². The number of carboxylic acid groups (broad SMARTS) is 1. The van der Waals surface area contributed by atoms with Gasteiger partial charge in [0.1, 0.15) is 11.4 Å². The van der Waals surface area contributed by atoms with E-state index < -0.39 is 29.0 Å². The van der Waals surface area contributed by atoms with E-state index >= 15 is 0 Å². The number of carbonyl (C=O) groups is 2. The van der Waals surface area contributed by atoms with Crippen LogP contribution in [0.15, 0.2) is 18.2 Å². The van der Waals surface area contributed by atoms with Crippen molar-refractivity contribution in [2.24, 2.45) is 0 Å². The lowest BCUT2D eigenvalue weighted by atomic mass is 10.1. The molecule has 0 saturated heterocycles. The minimum Gasteiger partial charge on any atom is -0.478 e. The zero-order valence-corrected chi connectivity index (χ0v) is 11.5. The van der Waals surface area contributed by atoms with Crippen LogP contribution in [-0.4, -0.2) is 36.4 Å². The van der Waals surface area contributed by atoms with Crippen LogP contribution in [0.2, 0.25) is 0 Å². The molecule has 0 aliphatic rings. The molecule has 0 aromatic heterocycles. The van der Waals surface area contributed by atoms with Crippen LogP contribution in [-0.2, 0) is 4.74 Å². The van der Waals surface area contributed by atoms with Crippen molar-refractivity contribution in [2.75, 3.05) is 19.0 Å². The largest absolute Gasteiger partial charge is 0.478 e. The maximum Gasteiger partial charge on any atom is 0.340 e. The van der Waals surface area contributed by atoms with Gasteiger partial charge < -0.3 is 20.5 Å². The maximum absolute atomic E-state index is 13.4. The van der Waals surface area contributed by atoms with Crippen LogP contribution in [0, 0.1) is 5.82 Å². The molecule has 110 valence electrons. The number of nitrogens with one attached hydrogen (secondary N) is 2. The van der Waals surface area contributed by atoms with Crippen LogP contribution >= 0.6 is 0 Å². The molecule has 0 aliphatic carbocycles. The standard InChI is InChI=1S/C13H17FN2O4/c1-13(2,20-3)7-15-12(19)16-9-6-4-5-8(14)10(9)11(17)18/h4-6H,7H2,1-3H3,(H,17,18)(H2,15,16,19). The Kier molecular flexibility index (Phi) is 5.04. The van der Waals surface area contributed by atoms with Gasteiger partial charge in [-0.3, -0.25) is 0 Å². The molecule has 0 atom stereocenters. The Bertz CT molecular complexity index is 517. The van der Waals surface area contributed by atoms with Crippen LogP contribution in [0.1, 0.15) is 24.2 Å². The lowest BCUT2D eigenvalue weighted by molar-refractivity contribution is 0.0257. The van der Waals surface area contributed by atoms with Gasteiger partial charge in [-0.25, -0.2) is 14.0 Å². The summed E-state index contributed by atoms with van der Waals surface area (Å²) in [4.78, 5) is 22.6. The van der Waals surface area contributed by atoms with Gasteiger partial charge in [0.2, 0.25) is 0 Å². The molecule has 1 aromatic carbocycles. The summed E-state index contributed by atoms with van der Waals surface area (Å²) in [7, 11) is 1.51. The molecule has 1 aromatic rings. The Morgan fingerprint density at radius 2 is 2.05 bits per heavy atom. The maximum atomic E-state index is 13.4. The Hall–Kier alpha value is -2.15. The van der Waals surface area contributed by atoms with Gasteiger partial charge in [-0.05, 0) is 26.0 Å². The number of hydrogen-bond acceptors (Lipinski definition) is 3. The van der Waals surface area contributed by atoms with E-state index in [0.29, 0.717) is 0 Å². The smallest absolute Gasteiger partial charge is 0.340 e. The fraction of sp³-hybridized carbons (Fsp3) is 0.385. The Balaban J connectivity index is 2.77. The van der Waals surface area contributed by atoms with E-state index in [9.17, 15) is 14.0 Å². The van der Waals surface area contributed by atoms with Crippen LogP contribution in [0.4, 0.5) is 14.9 Å². The summed E-state index contributed by atoms with van der Waals surface area (Å²) in [6, 6.07) is 3.01. The summed E-state index contributed by atoms with van der Waals surface area (Å²) in [6.45, 7) is 3.77. The van der Waals surface area contributed by atoms with Crippen molar-refractivity contribution in [3.8, 4) is 0 Å². The average Bonchev–Trinajstić information content (AvgIpc) is 2.36. The molecule has 0 heterocycles. The summed E-state index contributed by atoms with van der Waals surface area (Å²) < 4.78 is 18.5. The second-order valence-corrected chi connectivity index (χ2v) is 4.74. The van der Waals surface area contributed by atoms with Gasteiger partial charge in [-0.1, -0.05) is 6.07 Å². The average molecular weight is 284 g/mol. The van der Waals surface area contributed by atoms with Gasteiger partial charge in [-0.2, -0.15) is 0 Å². The summed E-state index contributed by atoms with van der Waals surface area (Å²) in [5.74, 6) is -2.36. The summed E-state index contributed by atoms with van der Waals surface area (Å²) >= 11 is 0. The SMILES string of the molecule is COC(C)(C)CNC(=O)Nc1cccc(F)c1C(=O)O. The number of ether oxygens (including phenoxy) is 1. The number of carboxylic acids is 1. The normalized spacial score (nSPS) is 11.0. The van der Waals surface area contributed by atoms with E-state index in [-0.39, 0.29) is 12.2 Å². The highest BCUT2D eigenvalue weighted by atomic mass is 19.1. The molecule has 0 unspecified atom stereocenters. The molecule has 20 heavy (non-hydrogen) atoms. The fourth-order valence-corrected chi connectivity index (χ4v) is 1.38. The number of halogens is 1. The van der Waals surface area contributed by atoms with E-state index in [1.165, 1.54) is 19.2 Å². The number of rotatable bonds is 5. The van der Waals surface area contributed by atoms with Gasteiger partial charge in [0, 0.05) is 13.7 Å². The topological polar surface area (TPSA) is 87.7 Å². The fourth-order valence-electron chi connectivity index (χ4n) is 1.38. The van der Waals surface area contributed by atoms with Crippen molar-refractivity contribution in [1.29, 1.82) is 0 Å². The molecule has 0 fully saturated rings. The second kappa shape index (κ2) is 6.33. The number of urea groups is 1. The molecule has 0 radical (unpaired) electrons. The first-order valence-corrected chi connectivity index (χ1v) is 5.88. The number of benzene rings is 1. The lowest BCUT2D eigenvalue weighted by Gasteiger charge is -2.23. The van der Waals surface area contributed by atoms with Crippen LogP contribution in [0.5, 0.6) is 0 Å². The molecular weight excluding hydrogens is 267 g/mol. The van der Waals surface area contributed by atoms with E-state index in [1.807, 2.05) is 0 Å². The summed E-state index contributed by atoms with van der Waals surface area (Å²) in [5, 5.41) is 13.7. The Labute approximate surface area is 115 Å². The molecule has 0 bridgehead atoms. The Morgan fingerprint density at radius 3 is 2.60 bits per heavy atom. The van der Waals surface area contributed by atoms with E-state index in [2.05, 4.69) is 10.6 Å². The minimum absolute atomic E-state index is 0.106. The van der Waals surface area contributed by atoms with Crippen molar-refractivity contribution in [3.05, 3.63) is 29.6 Å². The molecule has 2 amide bonds. The highest BCUT2D eigenvalue weighted by Gasteiger charge is 2.20. The van der Waals surface area contributed by atoms with E-state index in [4.69, 9.17) is 9.84 Å². The monoisotopic (exact) mass is 284 g/mol. The quantitative estimate of drug-likeness (QED) is 0.772. The molecule has 6 nitrogen and oxygen atoms in total. The number of anilines is 1.